The van der Waals surface area contributed by atoms with Gasteiger partial charge < -0.3 is 5.32 Å². The summed E-state index contributed by atoms with van der Waals surface area (Å²) in [6.45, 7) is 0. The third-order valence-corrected chi connectivity index (χ3v) is 5.21. The molecule has 2 amide bonds. The molecule has 2 aromatic rings. The molecule has 1 heterocycles. The molecule has 0 fully saturated rings. The van der Waals surface area contributed by atoms with Crippen LogP contribution in [0.25, 0.3) is 0 Å². The lowest BCUT2D eigenvalue weighted by Crippen LogP contribution is -2.19. The van der Waals surface area contributed by atoms with Crippen LogP contribution in [0.2, 0.25) is 0 Å². The molecule has 1 aromatic carbocycles. The van der Waals surface area contributed by atoms with E-state index in [4.69, 9.17) is 0 Å². The van der Waals surface area contributed by atoms with Crippen molar-refractivity contribution in [2.45, 2.75) is 38.5 Å². The van der Waals surface area contributed by atoms with Crippen LogP contribution < -0.4 is 10.6 Å². The molecule has 0 aliphatic heterocycles. The van der Waals surface area contributed by atoms with E-state index in [1.807, 2.05) is 24.3 Å². The first-order valence-corrected chi connectivity index (χ1v) is 9.14. The van der Waals surface area contributed by atoms with Gasteiger partial charge in [0.2, 0.25) is 0 Å². The zero-order chi connectivity index (χ0) is 15.4. The molecular formula is C16H18BrN3OS. The monoisotopic (exact) mass is 379 g/mol. The topological polar surface area (TPSA) is 54.0 Å². The summed E-state index contributed by atoms with van der Waals surface area (Å²) >= 11 is 5.00. The van der Waals surface area contributed by atoms with Crippen LogP contribution in [0.1, 0.15) is 36.3 Å². The zero-order valence-electron chi connectivity index (χ0n) is 12.2. The van der Waals surface area contributed by atoms with Crippen LogP contribution in [0.5, 0.6) is 0 Å². The lowest BCUT2D eigenvalue weighted by Gasteiger charge is -2.06. The maximum Gasteiger partial charge on any atom is 0.325 e. The Labute approximate surface area is 142 Å². The molecular weight excluding hydrogens is 362 g/mol. The molecule has 0 spiro atoms. The lowest BCUT2D eigenvalue weighted by molar-refractivity contribution is 0.262. The van der Waals surface area contributed by atoms with Crippen LogP contribution >= 0.6 is 27.3 Å². The van der Waals surface area contributed by atoms with Gasteiger partial charge in [-0.3, -0.25) is 5.32 Å². The molecule has 0 saturated heterocycles. The molecule has 6 heteroatoms. The molecule has 1 aliphatic carbocycles. The van der Waals surface area contributed by atoms with E-state index in [9.17, 15) is 4.79 Å². The Hall–Kier alpha value is -1.40. The number of aryl methyl sites for hydroxylation is 2. The molecule has 1 aliphatic rings. The molecule has 3 rings (SSSR count). The number of urea groups is 1. The SMILES string of the molecule is O=C(Nc1cccc(Br)c1)Nc1nc2c(s1)CCCCCC2. The first-order valence-electron chi connectivity index (χ1n) is 7.53. The minimum absolute atomic E-state index is 0.250. The number of halogens is 1. The standard InChI is InChI=1S/C16H18BrN3OS/c17-11-6-5-7-12(10-11)18-15(21)20-16-19-13-8-3-1-2-4-9-14(13)22-16/h5-7,10H,1-4,8-9H2,(H2,18,19,20,21). The first kappa shape index (κ1) is 15.5. The number of amides is 2. The number of nitrogens with one attached hydrogen (secondary N) is 2. The van der Waals surface area contributed by atoms with Crippen LogP contribution in [-0.4, -0.2) is 11.0 Å². The van der Waals surface area contributed by atoms with Gasteiger partial charge >= 0.3 is 6.03 Å². The summed E-state index contributed by atoms with van der Waals surface area (Å²) in [5.74, 6) is 0. The fraction of sp³-hybridized carbons (Fsp3) is 0.375. The lowest BCUT2D eigenvalue weighted by atomic mass is 10.0. The molecule has 0 saturated carbocycles. The maximum absolute atomic E-state index is 12.1. The Bertz CT molecular complexity index is 646. The molecule has 0 radical (unpaired) electrons. The van der Waals surface area contributed by atoms with Crippen molar-refractivity contribution in [3.8, 4) is 0 Å². The number of fused-ring (bicyclic) bond motifs is 1. The summed E-state index contributed by atoms with van der Waals surface area (Å²) in [7, 11) is 0. The number of rotatable bonds is 2. The summed E-state index contributed by atoms with van der Waals surface area (Å²) in [5.41, 5.74) is 1.92. The number of carbonyl (C=O) groups excluding carboxylic acids is 1. The Morgan fingerprint density at radius 3 is 2.77 bits per heavy atom. The minimum atomic E-state index is -0.250. The molecule has 22 heavy (non-hydrogen) atoms. The van der Waals surface area contributed by atoms with Crippen molar-refractivity contribution < 1.29 is 4.79 Å². The summed E-state index contributed by atoms with van der Waals surface area (Å²) in [6, 6.07) is 7.27. The van der Waals surface area contributed by atoms with Gasteiger partial charge in [-0.1, -0.05) is 34.8 Å². The van der Waals surface area contributed by atoms with E-state index in [1.165, 1.54) is 36.3 Å². The Morgan fingerprint density at radius 1 is 1.14 bits per heavy atom. The van der Waals surface area contributed by atoms with Crippen LogP contribution in [0, 0.1) is 0 Å². The smallest absolute Gasteiger partial charge is 0.308 e. The molecule has 1 aromatic heterocycles. The van der Waals surface area contributed by atoms with E-state index in [-0.39, 0.29) is 6.03 Å². The van der Waals surface area contributed by atoms with E-state index in [2.05, 4.69) is 31.5 Å². The second-order valence-electron chi connectivity index (χ2n) is 5.39. The number of carbonyl (C=O) groups is 1. The highest BCUT2D eigenvalue weighted by atomic mass is 79.9. The minimum Gasteiger partial charge on any atom is -0.308 e. The van der Waals surface area contributed by atoms with E-state index < -0.39 is 0 Å². The molecule has 0 bridgehead atoms. The molecule has 2 N–H and O–H groups in total. The van der Waals surface area contributed by atoms with Gasteiger partial charge in [-0.25, -0.2) is 9.78 Å². The molecule has 4 nitrogen and oxygen atoms in total. The Kier molecular flexibility index (Phi) is 5.10. The van der Waals surface area contributed by atoms with Crippen LogP contribution in [-0.2, 0) is 12.8 Å². The number of hydrogen-bond acceptors (Lipinski definition) is 3. The largest absolute Gasteiger partial charge is 0.325 e. The summed E-state index contributed by atoms with van der Waals surface area (Å²) < 4.78 is 0.933. The van der Waals surface area contributed by atoms with E-state index in [1.54, 1.807) is 11.3 Å². The average Bonchev–Trinajstić information content (AvgIpc) is 2.80. The summed E-state index contributed by atoms with van der Waals surface area (Å²) in [5, 5.41) is 6.37. The van der Waals surface area contributed by atoms with Gasteiger partial charge in [0.05, 0.1) is 5.69 Å². The normalized spacial score (nSPS) is 14.6. The van der Waals surface area contributed by atoms with Gasteiger partial charge in [0.15, 0.2) is 5.13 Å². The highest BCUT2D eigenvalue weighted by Gasteiger charge is 2.14. The van der Waals surface area contributed by atoms with E-state index >= 15 is 0 Å². The predicted octanol–water partition coefficient (Wildman–Crippen LogP) is 5.21. The number of anilines is 2. The van der Waals surface area contributed by atoms with Crippen LogP contribution in [0.3, 0.4) is 0 Å². The third-order valence-electron chi connectivity index (χ3n) is 3.65. The number of hydrogen-bond donors (Lipinski definition) is 2. The molecule has 0 unspecified atom stereocenters. The van der Waals surface area contributed by atoms with Crippen LogP contribution in [0.15, 0.2) is 28.7 Å². The van der Waals surface area contributed by atoms with Crippen molar-refractivity contribution >= 4 is 44.1 Å². The van der Waals surface area contributed by atoms with Crippen molar-refractivity contribution in [2.75, 3.05) is 10.6 Å². The zero-order valence-corrected chi connectivity index (χ0v) is 14.6. The predicted molar refractivity (Wildman–Crippen MR) is 94.8 cm³/mol. The molecule has 116 valence electrons. The van der Waals surface area contributed by atoms with Gasteiger partial charge in [0.25, 0.3) is 0 Å². The van der Waals surface area contributed by atoms with Crippen LogP contribution in [0.4, 0.5) is 15.6 Å². The van der Waals surface area contributed by atoms with Gasteiger partial charge in [0.1, 0.15) is 0 Å². The van der Waals surface area contributed by atoms with Crippen molar-refractivity contribution in [3.05, 3.63) is 39.3 Å². The van der Waals surface area contributed by atoms with Gasteiger partial charge in [-0.05, 0) is 43.9 Å². The Balaban J connectivity index is 1.65. The van der Waals surface area contributed by atoms with Crippen molar-refractivity contribution in [3.63, 3.8) is 0 Å². The van der Waals surface area contributed by atoms with Crippen molar-refractivity contribution in [2.24, 2.45) is 0 Å². The fourth-order valence-electron chi connectivity index (χ4n) is 2.58. The second-order valence-corrected chi connectivity index (χ2v) is 7.39. The number of aromatic nitrogens is 1. The average molecular weight is 380 g/mol. The fourth-order valence-corrected chi connectivity index (χ4v) is 4.03. The van der Waals surface area contributed by atoms with Crippen molar-refractivity contribution in [1.29, 1.82) is 0 Å². The van der Waals surface area contributed by atoms with Gasteiger partial charge in [-0.15, -0.1) is 11.3 Å². The van der Waals surface area contributed by atoms with E-state index in [0.29, 0.717) is 5.13 Å². The summed E-state index contributed by atoms with van der Waals surface area (Å²) in [4.78, 5) is 18.0. The molecule has 0 atom stereocenters. The summed E-state index contributed by atoms with van der Waals surface area (Å²) in [6.07, 6.45) is 7.11. The number of benzene rings is 1. The number of thiazole rings is 1. The third kappa shape index (κ3) is 4.08. The highest BCUT2D eigenvalue weighted by Crippen LogP contribution is 2.28. The second kappa shape index (κ2) is 7.24. The Morgan fingerprint density at radius 2 is 1.95 bits per heavy atom. The number of nitrogens with zero attached hydrogens (tertiary/aromatic N) is 1. The maximum atomic E-state index is 12.1. The van der Waals surface area contributed by atoms with Gasteiger partial charge in [-0.2, -0.15) is 0 Å². The van der Waals surface area contributed by atoms with E-state index in [0.717, 1.165) is 23.0 Å². The quantitative estimate of drug-likeness (QED) is 0.752. The van der Waals surface area contributed by atoms with Gasteiger partial charge in [0, 0.05) is 15.0 Å². The highest BCUT2D eigenvalue weighted by molar-refractivity contribution is 9.10. The first-order chi connectivity index (χ1) is 10.7. The van der Waals surface area contributed by atoms with Crippen molar-refractivity contribution in [1.82, 2.24) is 4.98 Å².